The molecule has 0 saturated heterocycles. The van der Waals surface area contributed by atoms with Gasteiger partial charge in [0.05, 0.1) is 6.61 Å². The summed E-state index contributed by atoms with van der Waals surface area (Å²) >= 11 is 0. The Kier molecular flexibility index (Phi) is 8.59. The van der Waals surface area contributed by atoms with E-state index in [0.717, 1.165) is 12.3 Å². The van der Waals surface area contributed by atoms with Crippen LogP contribution in [0, 0.1) is 5.92 Å². The van der Waals surface area contributed by atoms with Crippen LogP contribution in [0.4, 0.5) is 0 Å². The van der Waals surface area contributed by atoms with Gasteiger partial charge < -0.3 is 4.74 Å². The molecule has 2 heteroatoms. The highest BCUT2D eigenvalue weighted by Crippen LogP contribution is 2.09. The van der Waals surface area contributed by atoms with Crippen LogP contribution in [-0.2, 0) is 9.53 Å². The Morgan fingerprint density at radius 2 is 2.06 bits per heavy atom. The van der Waals surface area contributed by atoms with E-state index in [0.29, 0.717) is 12.2 Å². The molecule has 0 spiro atoms. The highest BCUT2D eigenvalue weighted by molar-refractivity contribution is 5.88. The van der Waals surface area contributed by atoms with Crippen molar-refractivity contribution in [1.29, 1.82) is 0 Å². The number of hydrogen-bond donors (Lipinski definition) is 0. The second-order valence-corrected chi connectivity index (χ2v) is 4.09. The molecule has 0 bridgehead atoms. The van der Waals surface area contributed by atoms with E-state index in [9.17, 15) is 4.79 Å². The summed E-state index contributed by atoms with van der Waals surface area (Å²) in [5.41, 5.74) is 0.654. The fraction of sp³-hybridized carbons (Fsp3) is 0.643. The summed E-state index contributed by atoms with van der Waals surface area (Å²) in [6.07, 6.45) is 9.37. The molecule has 0 aromatic carbocycles. The van der Waals surface area contributed by atoms with Gasteiger partial charge in [-0.05, 0) is 32.6 Å². The van der Waals surface area contributed by atoms with Crippen molar-refractivity contribution in [2.24, 2.45) is 5.92 Å². The lowest BCUT2D eigenvalue weighted by Crippen LogP contribution is -2.04. The smallest absolute Gasteiger partial charge is 0.333 e. The number of carbonyl (C=O) groups excluding carboxylic acids is 1. The number of rotatable bonds is 7. The molecular formula is C14H24O2. The first-order valence-electron chi connectivity index (χ1n) is 6.12. The van der Waals surface area contributed by atoms with Crippen molar-refractivity contribution >= 4 is 5.97 Å². The van der Waals surface area contributed by atoms with Crippen molar-refractivity contribution in [3.05, 3.63) is 23.8 Å². The van der Waals surface area contributed by atoms with Crippen molar-refractivity contribution in [1.82, 2.24) is 0 Å². The second-order valence-electron chi connectivity index (χ2n) is 4.09. The van der Waals surface area contributed by atoms with Crippen molar-refractivity contribution in [2.45, 2.75) is 47.0 Å². The topological polar surface area (TPSA) is 26.3 Å². The molecule has 0 aliphatic rings. The van der Waals surface area contributed by atoms with Gasteiger partial charge in [-0.25, -0.2) is 4.79 Å². The molecule has 0 aromatic heterocycles. The van der Waals surface area contributed by atoms with Gasteiger partial charge in [-0.3, -0.25) is 0 Å². The lowest BCUT2D eigenvalue weighted by molar-refractivity contribution is -0.138. The molecule has 0 radical (unpaired) electrons. The maximum absolute atomic E-state index is 11.2. The van der Waals surface area contributed by atoms with Gasteiger partial charge in [-0.2, -0.15) is 0 Å². The molecule has 0 heterocycles. The molecule has 0 N–H and O–H groups in total. The monoisotopic (exact) mass is 224 g/mol. The number of esters is 1. The van der Waals surface area contributed by atoms with Crippen LogP contribution in [-0.4, -0.2) is 12.6 Å². The van der Waals surface area contributed by atoms with Crippen LogP contribution in [0.5, 0.6) is 0 Å². The van der Waals surface area contributed by atoms with Crippen LogP contribution in [0.15, 0.2) is 23.8 Å². The average molecular weight is 224 g/mol. The van der Waals surface area contributed by atoms with Crippen LogP contribution in [0.25, 0.3) is 0 Å². The third-order valence-electron chi connectivity index (χ3n) is 2.60. The number of ether oxygens (including phenoxy) is 1. The van der Waals surface area contributed by atoms with Gasteiger partial charge >= 0.3 is 5.97 Å². The molecule has 0 rings (SSSR count). The first kappa shape index (κ1) is 14.9. The minimum absolute atomic E-state index is 0.228. The van der Waals surface area contributed by atoms with E-state index in [2.05, 4.69) is 19.9 Å². The van der Waals surface area contributed by atoms with Crippen LogP contribution >= 0.6 is 0 Å². The van der Waals surface area contributed by atoms with Gasteiger partial charge in [0.1, 0.15) is 0 Å². The maximum Gasteiger partial charge on any atom is 0.333 e. The van der Waals surface area contributed by atoms with Gasteiger partial charge in [-0.1, -0.05) is 38.5 Å². The summed E-state index contributed by atoms with van der Waals surface area (Å²) in [6, 6.07) is 0. The third kappa shape index (κ3) is 7.27. The molecule has 1 atom stereocenters. The molecule has 0 amide bonds. The molecule has 0 aromatic rings. The van der Waals surface area contributed by atoms with E-state index in [-0.39, 0.29) is 5.97 Å². The standard InChI is InChI=1S/C14H24O2/c1-5-12(3)10-8-7-9-11-13(4)14(15)16-6-2/h7,9,11-12H,5-6,8,10H2,1-4H3/b9-7+,13-11+/t12-/m0/s1. The highest BCUT2D eigenvalue weighted by Gasteiger charge is 2.01. The van der Waals surface area contributed by atoms with E-state index in [4.69, 9.17) is 4.74 Å². The molecule has 0 aliphatic carbocycles. The van der Waals surface area contributed by atoms with E-state index in [1.807, 2.05) is 19.1 Å². The van der Waals surface area contributed by atoms with E-state index in [1.165, 1.54) is 12.8 Å². The maximum atomic E-state index is 11.2. The quantitative estimate of drug-likeness (QED) is 0.373. The normalized spacial score (nSPS) is 14.1. The molecule has 16 heavy (non-hydrogen) atoms. The predicted octanol–water partition coefficient (Wildman–Crippen LogP) is 3.88. The summed E-state index contributed by atoms with van der Waals surface area (Å²) in [7, 11) is 0. The summed E-state index contributed by atoms with van der Waals surface area (Å²) in [5.74, 6) is 0.550. The van der Waals surface area contributed by atoms with Crippen molar-refractivity contribution in [3.63, 3.8) is 0 Å². The van der Waals surface area contributed by atoms with Crippen molar-refractivity contribution in [2.75, 3.05) is 6.61 Å². The lowest BCUT2D eigenvalue weighted by Gasteiger charge is -2.03. The third-order valence-corrected chi connectivity index (χ3v) is 2.60. The van der Waals surface area contributed by atoms with Crippen molar-refractivity contribution in [3.8, 4) is 0 Å². The summed E-state index contributed by atoms with van der Waals surface area (Å²) < 4.78 is 4.88. The fourth-order valence-electron chi connectivity index (χ4n) is 1.21. The van der Waals surface area contributed by atoms with Gasteiger partial charge in [-0.15, -0.1) is 0 Å². The zero-order chi connectivity index (χ0) is 12.4. The van der Waals surface area contributed by atoms with Crippen LogP contribution in [0.3, 0.4) is 0 Å². The highest BCUT2D eigenvalue weighted by atomic mass is 16.5. The van der Waals surface area contributed by atoms with E-state index < -0.39 is 0 Å². The average Bonchev–Trinajstić information content (AvgIpc) is 2.28. The molecular weight excluding hydrogens is 200 g/mol. The Balaban J connectivity index is 3.88. The number of carbonyl (C=O) groups is 1. The zero-order valence-electron chi connectivity index (χ0n) is 11.0. The zero-order valence-corrected chi connectivity index (χ0v) is 11.0. The minimum atomic E-state index is -0.228. The molecule has 2 nitrogen and oxygen atoms in total. The van der Waals surface area contributed by atoms with Gasteiger partial charge in [0.25, 0.3) is 0 Å². The molecule has 92 valence electrons. The summed E-state index contributed by atoms with van der Waals surface area (Å²) in [6.45, 7) is 8.48. The first-order chi connectivity index (χ1) is 7.61. The van der Waals surface area contributed by atoms with E-state index >= 15 is 0 Å². The van der Waals surface area contributed by atoms with Gasteiger partial charge in [0, 0.05) is 5.57 Å². The van der Waals surface area contributed by atoms with Crippen LogP contribution in [0.2, 0.25) is 0 Å². The van der Waals surface area contributed by atoms with Crippen LogP contribution < -0.4 is 0 Å². The molecule has 0 fully saturated rings. The number of allylic oxidation sites excluding steroid dienone is 3. The molecule has 0 unspecified atom stereocenters. The summed E-state index contributed by atoms with van der Waals surface area (Å²) in [5, 5.41) is 0. The Labute approximate surface area is 99.4 Å². The Hall–Kier alpha value is -1.05. The molecule has 0 aliphatic heterocycles. The molecule has 0 saturated carbocycles. The minimum Gasteiger partial charge on any atom is -0.463 e. The second kappa shape index (κ2) is 9.20. The first-order valence-corrected chi connectivity index (χ1v) is 6.12. The Bertz CT molecular complexity index is 251. The van der Waals surface area contributed by atoms with Crippen molar-refractivity contribution < 1.29 is 9.53 Å². The Morgan fingerprint density at radius 3 is 2.62 bits per heavy atom. The van der Waals surface area contributed by atoms with Crippen LogP contribution in [0.1, 0.15) is 47.0 Å². The number of hydrogen-bond acceptors (Lipinski definition) is 2. The van der Waals surface area contributed by atoms with E-state index in [1.54, 1.807) is 6.92 Å². The fourth-order valence-corrected chi connectivity index (χ4v) is 1.21. The Morgan fingerprint density at radius 1 is 1.38 bits per heavy atom. The lowest BCUT2D eigenvalue weighted by atomic mass is 10.0. The van der Waals surface area contributed by atoms with Gasteiger partial charge in [0.15, 0.2) is 0 Å². The largest absolute Gasteiger partial charge is 0.463 e. The summed E-state index contributed by atoms with van der Waals surface area (Å²) in [4.78, 5) is 11.2. The van der Waals surface area contributed by atoms with Gasteiger partial charge in [0.2, 0.25) is 0 Å². The predicted molar refractivity (Wildman–Crippen MR) is 68.2 cm³/mol. The SMILES string of the molecule is CCOC(=O)/C(C)=C/C=C/CC[C@@H](C)CC.